The molecule has 0 aliphatic carbocycles. The van der Waals surface area contributed by atoms with Crippen LogP contribution in [-0.4, -0.2) is 55.1 Å². The summed E-state index contributed by atoms with van der Waals surface area (Å²) >= 11 is 0. The second-order valence-electron chi connectivity index (χ2n) is 4.59. The lowest BCUT2D eigenvalue weighted by Gasteiger charge is -2.33. The van der Waals surface area contributed by atoms with Gasteiger partial charge in [0, 0.05) is 32.7 Å². The molecule has 2 amide bonds. The van der Waals surface area contributed by atoms with E-state index in [1.54, 1.807) is 0 Å². The van der Waals surface area contributed by atoms with Gasteiger partial charge in [-0.2, -0.15) is 0 Å². The second kappa shape index (κ2) is 4.84. The number of hydrogen-bond acceptors (Lipinski definition) is 2. The summed E-state index contributed by atoms with van der Waals surface area (Å²) in [6, 6.07) is 0.628. The molecule has 2 aliphatic rings. The summed E-state index contributed by atoms with van der Waals surface area (Å²) < 4.78 is 0. The monoisotopic (exact) mass is 211 g/mol. The van der Waals surface area contributed by atoms with Crippen molar-refractivity contribution in [3.05, 3.63) is 0 Å². The number of amides is 2. The third-order valence-electron chi connectivity index (χ3n) is 3.51. The fourth-order valence-electron chi connectivity index (χ4n) is 2.43. The molecule has 2 heterocycles. The number of hydrogen-bond donors (Lipinski definition) is 1. The Labute approximate surface area is 91.6 Å². The van der Waals surface area contributed by atoms with E-state index < -0.39 is 0 Å². The van der Waals surface area contributed by atoms with Gasteiger partial charge in [0.25, 0.3) is 0 Å². The molecule has 0 aromatic carbocycles. The highest BCUT2D eigenvalue weighted by molar-refractivity contribution is 5.74. The minimum Gasteiger partial charge on any atom is -0.325 e. The van der Waals surface area contributed by atoms with E-state index in [2.05, 4.69) is 5.32 Å². The van der Waals surface area contributed by atoms with Crippen LogP contribution in [0.15, 0.2) is 0 Å². The summed E-state index contributed by atoms with van der Waals surface area (Å²) in [5, 5.41) is 3.30. The lowest BCUT2D eigenvalue weighted by atomic mass is 10.1. The van der Waals surface area contributed by atoms with Gasteiger partial charge in [0.05, 0.1) is 0 Å². The van der Waals surface area contributed by atoms with E-state index in [1.165, 1.54) is 19.3 Å². The van der Waals surface area contributed by atoms with Crippen molar-refractivity contribution >= 4 is 6.03 Å². The van der Waals surface area contributed by atoms with E-state index in [9.17, 15) is 4.79 Å². The van der Waals surface area contributed by atoms with Gasteiger partial charge in [-0.05, 0) is 32.2 Å². The van der Waals surface area contributed by atoms with Crippen molar-refractivity contribution in [2.24, 2.45) is 0 Å². The molecule has 86 valence electrons. The zero-order valence-electron chi connectivity index (χ0n) is 9.54. The summed E-state index contributed by atoms with van der Waals surface area (Å²) in [7, 11) is 1.94. The van der Waals surface area contributed by atoms with Gasteiger partial charge in [-0.1, -0.05) is 0 Å². The fraction of sp³-hybridized carbons (Fsp3) is 0.909. The molecule has 4 nitrogen and oxygen atoms in total. The molecule has 0 aromatic rings. The highest BCUT2D eigenvalue weighted by Crippen LogP contribution is 2.14. The van der Waals surface area contributed by atoms with Crippen LogP contribution in [0.3, 0.4) is 0 Å². The maximum atomic E-state index is 12.1. The molecule has 0 radical (unpaired) electrons. The molecule has 2 rings (SSSR count). The average Bonchev–Trinajstić information content (AvgIpc) is 2.82. The number of urea groups is 1. The molecule has 1 unspecified atom stereocenters. The Morgan fingerprint density at radius 3 is 2.67 bits per heavy atom. The Morgan fingerprint density at radius 2 is 2.07 bits per heavy atom. The lowest BCUT2D eigenvalue weighted by Crippen LogP contribution is -2.48. The van der Waals surface area contributed by atoms with Gasteiger partial charge in [-0.3, -0.25) is 0 Å². The highest BCUT2D eigenvalue weighted by Gasteiger charge is 2.27. The molecule has 0 aromatic heterocycles. The van der Waals surface area contributed by atoms with Gasteiger partial charge in [0.15, 0.2) is 0 Å². The molecule has 0 spiro atoms. The zero-order valence-corrected chi connectivity index (χ0v) is 9.54. The smallest absolute Gasteiger partial charge is 0.320 e. The van der Waals surface area contributed by atoms with Crippen LogP contribution < -0.4 is 5.32 Å². The van der Waals surface area contributed by atoms with Crippen LogP contribution in [-0.2, 0) is 0 Å². The van der Waals surface area contributed by atoms with E-state index >= 15 is 0 Å². The molecule has 0 saturated carbocycles. The molecule has 2 aliphatic heterocycles. The Bertz CT molecular complexity index is 220. The molecule has 15 heavy (non-hydrogen) atoms. The van der Waals surface area contributed by atoms with E-state index in [0.717, 1.165) is 32.6 Å². The first-order valence-corrected chi connectivity index (χ1v) is 6.01. The van der Waals surface area contributed by atoms with Crippen LogP contribution in [0.4, 0.5) is 4.79 Å². The topological polar surface area (TPSA) is 35.6 Å². The molecule has 0 bridgehead atoms. The Morgan fingerprint density at radius 1 is 1.33 bits per heavy atom. The molecular weight excluding hydrogens is 190 g/mol. The number of likely N-dealkylation sites (N-methyl/N-ethyl adjacent to an activating group) is 1. The van der Waals surface area contributed by atoms with E-state index in [-0.39, 0.29) is 6.03 Å². The van der Waals surface area contributed by atoms with E-state index in [1.807, 2.05) is 16.8 Å². The number of rotatable bonds is 1. The van der Waals surface area contributed by atoms with E-state index in [0.29, 0.717) is 6.04 Å². The van der Waals surface area contributed by atoms with Crippen LogP contribution in [0.5, 0.6) is 0 Å². The third kappa shape index (κ3) is 2.43. The van der Waals surface area contributed by atoms with Gasteiger partial charge in [-0.25, -0.2) is 4.79 Å². The van der Waals surface area contributed by atoms with Crippen LogP contribution in [0.25, 0.3) is 0 Å². The van der Waals surface area contributed by atoms with Crippen LogP contribution in [0, 0.1) is 0 Å². The molecular formula is C11H21N3O. The number of piperidine rings is 1. The van der Waals surface area contributed by atoms with Crippen molar-refractivity contribution in [3.63, 3.8) is 0 Å². The van der Waals surface area contributed by atoms with Gasteiger partial charge in [0.1, 0.15) is 0 Å². The third-order valence-corrected chi connectivity index (χ3v) is 3.51. The van der Waals surface area contributed by atoms with Gasteiger partial charge in [0.2, 0.25) is 0 Å². The van der Waals surface area contributed by atoms with Crippen molar-refractivity contribution in [1.82, 2.24) is 15.1 Å². The number of nitrogens with one attached hydrogen (secondary N) is 1. The second-order valence-corrected chi connectivity index (χ2v) is 4.59. The molecule has 1 N–H and O–H groups in total. The minimum absolute atomic E-state index is 0.225. The Kier molecular flexibility index (Phi) is 3.46. The highest BCUT2D eigenvalue weighted by atomic mass is 16.2. The standard InChI is InChI=1S/C11H21N3O/c1-13(10-5-6-12-9-10)11(15)14-7-3-2-4-8-14/h10,12H,2-9H2,1H3. The predicted octanol–water partition coefficient (Wildman–Crippen LogP) is 0.886. The van der Waals surface area contributed by atoms with Crippen LogP contribution >= 0.6 is 0 Å². The normalized spacial score (nSPS) is 26.7. The number of carbonyl (C=O) groups excluding carboxylic acids is 1. The molecule has 2 saturated heterocycles. The average molecular weight is 211 g/mol. The van der Waals surface area contributed by atoms with Gasteiger partial charge < -0.3 is 15.1 Å². The van der Waals surface area contributed by atoms with Crippen molar-refractivity contribution in [1.29, 1.82) is 0 Å². The number of nitrogens with zero attached hydrogens (tertiary/aromatic N) is 2. The fourth-order valence-corrected chi connectivity index (χ4v) is 2.43. The Hall–Kier alpha value is -0.770. The summed E-state index contributed by atoms with van der Waals surface area (Å²) in [4.78, 5) is 16.0. The predicted molar refractivity (Wildman–Crippen MR) is 59.9 cm³/mol. The summed E-state index contributed by atoms with van der Waals surface area (Å²) in [5.74, 6) is 0. The first kappa shape index (κ1) is 10.7. The molecule has 1 atom stereocenters. The minimum atomic E-state index is 0.225. The summed E-state index contributed by atoms with van der Waals surface area (Å²) in [6.07, 6.45) is 4.71. The van der Waals surface area contributed by atoms with Crippen LogP contribution in [0.2, 0.25) is 0 Å². The number of carbonyl (C=O) groups is 1. The quantitative estimate of drug-likeness (QED) is 0.699. The van der Waals surface area contributed by atoms with Gasteiger partial charge >= 0.3 is 6.03 Å². The Balaban J connectivity index is 1.87. The van der Waals surface area contributed by atoms with Crippen molar-refractivity contribution in [2.75, 3.05) is 33.2 Å². The molecule has 2 fully saturated rings. The lowest BCUT2D eigenvalue weighted by molar-refractivity contribution is 0.140. The van der Waals surface area contributed by atoms with E-state index in [4.69, 9.17) is 0 Å². The largest absolute Gasteiger partial charge is 0.325 e. The molecule has 4 heteroatoms. The zero-order chi connectivity index (χ0) is 10.7. The maximum Gasteiger partial charge on any atom is 0.320 e. The van der Waals surface area contributed by atoms with Crippen molar-refractivity contribution in [3.8, 4) is 0 Å². The SMILES string of the molecule is CN(C(=O)N1CCCCC1)C1CCNC1. The number of likely N-dealkylation sites (tertiary alicyclic amines) is 1. The first-order valence-electron chi connectivity index (χ1n) is 6.01. The summed E-state index contributed by atoms with van der Waals surface area (Å²) in [6.45, 7) is 3.89. The van der Waals surface area contributed by atoms with Crippen LogP contribution in [0.1, 0.15) is 25.7 Å². The maximum absolute atomic E-state index is 12.1. The summed E-state index contributed by atoms with van der Waals surface area (Å²) in [5.41, 5.74) is 0. The first-order chi connectivity index (χ1) is 7.29. The van der Waals surface area contributed by atoms with Gasteiger partial charge in [-0.15, -0.1) is 0 Å². The van der Waals surface area contributed by atoms with Crippen molar-refractivity contribution in [2.45, 2.75) is 31.7 Å². The van der Waals surface area contributed by atoms with Crippen molar-refractivity contribution < 1.29 is 4.79 Å².